The van der Waals surface area contributed by atoms with Crippen LogP contribution in [0.15, 0.2) is 246 Å². The first-order chi connectivity index (χ1) is 32.7. The fraction of sp³-hybridized carbons (Fsp3) is 0.0317. The first-order valence-electron chi connectivity index (χ1n) is 22.6. The second kappa shape index (κ2) is 15.6. The topological polar surface area (TPSA) is 39.2 Å². The van der Waals surface area contributed by atoms with Crippen LogP contribution in [0.4, 0.5) is 0 Å². The van der Waals surface area contributed by atoms with E-state index in [-0.39, 0.29) is 11.8 Å². The van der Waals surface area contributed by atoms with Gasteiger partial charge in [-0.25, -0.2) is 4.98 Å². The van der Waals surface area contributed by atoms with Crippen LogP contribution in [0.1, 0.15) is 45.2 Å². The van der Waals surface area contributed by atoms with Gasteiger partial charge in [0.2, 0.25) is 0 Å². The number of benzene rings is 11. The lowest BCUT2D eigenvalue weighted by Crippen LogP contribution is -2.03. The monoisotopic (exact) mass is 843 g/mol. The van der Waals surface area contributed by atoms with Gasteiger partial charge in [-0.05, 0) is 95.4 Å². The Morgan fingerprint density at radius 3 is 1.15 bits per heavy atom. The Hall–Kier alpha value is -8.53. The number of fused-ring (bicyclic) bond motifs is 13. The summed E-state index contributed by atoms with van der Waals surface area (Å²) in [4.78, 5) is 4.92. The summed E-state index contributed by atoms with van der Waals surface area (Å²) in [6.45, 7) is 0. The summed E-state index contributed by atoms with van der Waals surface area (Å²) in [6.07, 6.45) is 3.40. The predicted molar refractivity (Wildman–Crippen MR) is 272 cm³/mol. The zero-order valence-electron chi connectivity index (χ0n) is 35.9. The molecular formula is C63H41NO2. The van der Waals surface area contributed by atoms with Crippen LogP contribution in [-0.4, -0.2) is 4.98 Å². The van der Waals surface area contributed by atoms with Crippen molar-refractivity contribution < 1.29 is 8.83 Å². The van der Waals surface area contributed by atoms with E-state index in [9.17, 15) is 0 Å². The lowest BCUT2D eigenvalue weighted by molar-refractivity contribution is 0.605. The molecule has 310 valence electrons. The number of hydrogen-bond acceptors (Lipinski definition) is 3. The van der Waals surface area contributed by atoms with Crippen LogP contribution in [0, 0.1) is 0 Å². The Morgan fingerprint density at radius 1 is 0.288 bits per heavy atom. The summed E-state index contributed by atoms with van der Waals surface area (Å²) >= 11 is 0. The Labute approximate surface area is 381 Å². The van der Waals surface area contributed by atoms with Gasteiger partial charge in [0.05, 0.1) is 6.26 Å². The maximum absolute atomic E-state index is 6.40. The van der Waals surface area contributed by atoms with Gasteiger partial charge >= 0.3 is 0 Å². The normalized spacial score (nSPS) is 11.9. The molecule has 0 radical (unpaired) electrons. The summed E-state index contributed by atoms with van der Waals surface area (Å²) in [5.41, 5.74) is 14.7. The molecule has 0 fully saturated rings. The van der Waals surface area contributed by atoms with E-state index in [0.717, 1.165) is 87.4 Å². The molecule has 0 aliphatic carbocycles. The number of oxazole rings is 1. The molecule has 0 N–H and O–H groups in total. The zero-order valence-corrected chi connectivity index (χ0v) is 35.9. The molecule has 0 atom stereocenters. The van der Waals surface area contributed by atoms with Gasteiger partial charge in [-0.3, -0.25) is 0 Å². The van der Waals surface area contributed by atoms with Crippen LogP contribution in [0.25, 0.3) is 87.4 Å². The molecule has 0 spiro atoms. The predicted octanol–water partition coefficient (Wildman–Crippen LogP) is 16.9. The minimum Gasteiger partial charge on any atom is -0.464 e. The molecule has 0 aliphatic heterocycles. The zero-order chi connectivity index (χ0) is 43.6. The summed E-state index contributed by atoms with van der Waals surface area (Å²) < 4.78 is 12.7. The van der Waals surface area contributed by atoms with Crippen molar-refractivity contribution in [2.45, 2.75) is 11.8 Å². The van der Waals surface area contributed by atoms with Crippen LogP contribution in [0.3, 0.4) is 0 Å². The van der Waals surface area contributed by atoms with E-state index >= 15 is 0 Å². The van der Waals surface area contributed by atoms with Gasteiger partial charge in [-0.2, -0.15) is 0 Å². The molecule has 2 heterocycles. The Morgan fingerprint density at radius 2 is 0.682 bits per heavy atom. The smallest absolute Gasteiger partial charge is 0.182 e. The van der Waals surface area contributed by atoms with Crippen molar-refractivity contribution in [3.8, 4) is 22.3 Å². The van der Waals surface area contributed by atoms with Crippen LogP contribution in [0.5, 0.6) is 0 Å². The van der Waals surface area contributed by atoms with Crippen LogP contribution in [-0.2, 0) is 0 Å². The minimum absolute atomic E-state index is 0.144. The van der Waals surface area contributed by atoms with Crippen LogP contribution in [0.2, 0.25) is 0 Å². The van der Waals surface area contributed by atoms with E-state index in [0.29, 0.717) is 0 Å². The highest BCUT2D eigenvalue weighted by Crippen LogP contribution is 2.46. The molecule has 0 saturated carbocycles. The van der Waals surface area contributed by atoms with Gasteiger partial charge in [0, 0.05) is 38.8 Å². The molecule has 3 nitrogen and oxygen atoms in total. The number of aromatic nitrogens is 1. The average molecular weight is 844 g/mol. The average Bonchev–Trinajstić information content (AvgIpc) is 4.10. The first-order valence-corrected chi connectivity index (χ1v) is 22.6. The lowest BCUT2D eigenvalue weighted by atomic mass is 9.84. The van der Waals surface area contributed by atoms with Crippen LogP contribution >= 0.6 is 0 Å². The maximum atomic E-state index is 6.40. The molecule has 13 rings (SSSR count). The third-order valence-electron chi connectivity index (χ3n) is 13.7. The molecule has 0 amide bonds. The first kappa shape index (κ1) is 38.0. The van der Waals surface area contributed by atoms with E-state index in [4.69, 9.17) is 13.8 Å². The van der Waals surface area contributed by atoms with Crippen molar-refractivity contribution in [2.75, 3.05) is 0 Å². The lowest BCUT2D eigenvalue weighted by Gasteiger charge is -2.19. The van der Waals surface area contributed by atoms with E-state index in [1.165, 1.54) is 33.4 Å². The fourth-order valence-electron chi connectivity index (χ4n) is 10.7. The third-order valence-corrected chi connectivity index (χ3v) is 13.7. The highest BCUT2D eigenvalue weighted by molar-refractivity contribution is 6.37. The molecule has 66 heavy (non-hydrogen) atoms. The number of rotatable bonds is 8. The Kier molecular flexibility index (Phi) is 8.99. The summed E-state index contributed by atoms with van der Waals surface area (Å²) in [5.74, 6) is 0.291. The minimum atomic E-state index is 0.144. The van der Waals surface area contributed by atoms with E-state index in [1.807, 2.05) is 6.26 Å². The van der Waals surface area contributed by atoms with E-state index in [2.05, 4.69) is 224 Å². The fourth-order valence-corrected chi connectivity index (χ4v) is 10.7. The van der Waals surface area contributed by atoms with Crippen molar-refractivity contribution in [1.29, 1.82) is 0 Å². The molecule has 0 saturated heterocycles. The summed E-state index contributed by atoms with van der Waals surface area (Å²) in [6, 6.07) is 81.3. The quantitative estimate of drug-likeness (QED) is 0.113. The van der Waals surface area contributed by atoms with Gasteiger partial charge in [0.25, 0.3) is 0 Å². The van der Waals surface area contributed by atoms with Gasteiger partial charge in [-0.15, -0.1) is 0 Å². The van der Waals surface area contributed by atoms with Crippen molar-refractivity contribution in [3.63, 3.8) is 0 Å². The number of nitrogens with zero attached hydrogens (tertiary/aromatic N) is 1. The van der Waals surface area contributed by atoms with Crippen molar-refractivity contribution in [1.82, 2.24) is 4.98 Å². The molecule has 0 aliphatic rings. The van der Waals surface area contributed by atoms with Gasteiger partial charge in [0.1, 0.15) is 11.1 Å². The Balaban J connectivity index is 0.899. The summed E-state index contributed by atoms with van der Waals surface area (Å²) in [5, 5.41) is 9.95. The highest BCUT2D eigenvalue weighted by Gasteiger charge is 2.22. The maximum Gasteiger partial charge on any atom is 0.182 e. The number of hydrogen-bond donors (Lipinski definition) is 0. The molecule has 0 bridgehead atoms. The number of furan rings is 1. The van der Waals surface area contributed by atoms with Crippen molar-refractivity contribution >= 4 is 65.2 Å². The second-order valence-corrected chi connectivity index (χ2v) is 17.4. The largest absolute Gasteiger partial charge is 0.464 e. The van der Waals surface area contributed by atoms with Crippen LogP contribution < -0.4 is 0 Å². The van der Waals surface area contributed by atoms with Crippen molar-refractivity contribution in [3.05, 3.63) is 270 Å². The van der Waals surface area contributed by atoms with Gasteiger partial charge < -0.3 is 8.83 Å². The molecular weight excluding hydrogens is 803 g/mol. The van der Waals surface area contributed by atoms with Gasteiger partial charge in [-0.1, -0.05) is 206 Å². The molecule has 3 heteroatoms. The van der Waals surface area contributed by atoms with Gasteiger partial charge in [0.15, 0.2) is 12.0 Å². The molecule has 11 aromatic carbocycles. The Bertz CT molecular complexity index is 3550. The van der Waals surface area contributed by atoms with Crippen molar-refractivity contribution in [2.24, 2.45) is 0 Å². The van der Waals surface area contributed by atoms with E-state index in [1.54, 1.807) is 6.39 Å². The summed E-state index contributed by atoms with van der Waals surface area (Å²) in [7, 11) is 0. The molecule has 0 unspecified atom stereocenters. The third kappa shape index (κ3) is 6.23. The second-order valence-electron chi connectivity index (χ2n) is 17.4. The SMILES string of the molecule is c1ccc(C(c2ccccc2)c2ccc(-c3ccc4c(c3)c3occc3c3c4ccc4c5ccc(-c6ccc(C(c7ccccc7)c7ccccc7)cc6)cc5c5ocnc5c43)cc2)cc1. The standard InChI is InChI=1S/C63H41NO2/c1-5-13-42(14-6-1)57(43-15-7-2-8-16-43)46-25-21-40(22-26-46)48-29-31-50-52-33-34-53-51-32-30-49(41-23-27-47(28-24-41)58(44-17-9-3-10-18-44)45-19-11-4-12-20-45)38-56(51)63-61(64-39-66-63)60(53)59(52)54-35-36-65-62(54)55(50)37-48/h1-39,57-58H. The molecule has 13 aromatic rings. The highest BCUT2D eigenvalue weighted by atomic mass is 16.3. The van der Waals surface area contributed by atoms with E-state index < -0.39 is 0 Å². The molecule has 2 aromatic heterocycles.